The van der Waals surface area contributed by atoms with E-state index in [0.29, 0.717) is 11.3 Å². The fraction of sp³-hybridized carbons (Fsp3) is 0.118. The Morgan fingerprint density at radius 2 is 1.91 bits per heavy atom. The number of nitrogens with zero attached hydrogens (tertiary/aromatic N) is 1. The first-order valence-electron chi connectivity index (χ1n) is 7.01. The fourth-order valence-corrected chi connectivity index (χ4v) is 3.69. The first-order valence-corrected chi connectivity index (χ1v) is 8.77. The highest BCUT2D eigenvalue weighted by Crippen LogP contribution is 2.27. The molecule has 0 aliphatic rings. The van der Waals surface area contributed by atoms with Gasteiger partial charge in [-0.25, -0.2) is 4.98 Å². The number of thiophene rings is 1. The number of carbonyl (C=O) groups is 2. The summed E-state index contributed by atoms with van der Waals surface area (Å²) < 4.78 is 0. The number of amides is 1. The number of hydrogen-bond donors (Lipinski definition) is 1. The van der Waals surface area contributed by atoms with Crippen LogP contribution in [0.3, 0.4) is 0 Å². The van der Waals surface area contributed by atoms with Gasteiger partial charge in [0.05, 0.1) is 17.0 Å². The predicted octanol–water partition coefficient (Wildman–Crippen LogP) is 4.26. The molecule has 0 radical (unpaired) electrons. The number of carbonyl (C=O) groups excluding carboxylic acids is 2. The topological polar surface area (TPSA) is 59.1 Å². The predicted molar refractivity (Wildman–Crippen MR) is 94.2 cm³/mol. The van der Waals surface area contributed by atoms with Crippen LogP contribution in [-0.4, -0.2) is 16.7 Å². The second-order valence-electron chi connectivity index (χ2n) is 4.98. The molecule has 0 aliphatic carbocycles. The van der Waals surface area contributed by atoms with Gasteiger partial charge in [0.2, 0.25) is 5.91 Å². The monoisotopic (exact) mass is 342 g/mol. The molecular formula is C17H14N2O2S2. The molecule has 0 bridgehead atoms. The van der Waals surface area contributed by atoms with Crippen LogP contribution >= 0.6 is 22.7 Å². The fourth-order valence-electron chi connectivity index (χ4n) is 2.06. The molecule has 1 N–H and O–H groups in total. The van der Waals surface area contributed by atoms with Gasteiger partial charge < -0.3 is 5.32 Å². The van der Waals surface area contributed by atoms with Crippen molar-refractivity contribution < 1.29 is 9.59 Å². The molecule has 6 heteroatoms. The van der Waals surface area contributed by atoms with E-state index < -0.39 is 0 Å². The van der Waals surface area contributed by atoms with Crippen LogP contribution in [0.2, 0.25) is 0 Å². The molecule has 2 heterocycles. The molecule has 0 spiro atoms. The third kappa shape index (κ3) is 3.91. The van der Waals surface area contributed by atoms with Crippen LogP contribution in [0.25, 0.3) is 9.88 Å². The van der Waals surface area contributed by atoms with Crippen LogP contribution in [-0.2, 0) is 11.2 Å². The number of anilines is 1. The van der Waals surface area contributed by atoms with Gasteiger partial charge in [0, 0.05) is 16.6 Å². The van der Waals surface area contributed by atoms with Gasteiger partial charge in [-0.05, 0) is 42.6 Å². The average Bonchev–Trinajstić information content (AvgIpc) is 3.18. The Morgan fingerprint density at radius 3 is 2.57 bits per heavy atom. The van der Waals surface area contributed by atoms with Crippen molar-refractivity contribution in [2.24, 2.45) is 0 Å². The Bertz CT molecular complexity index is 821. The molecule has 2 aromatic heterocycles. The summed E-state index contributed by atoms with van der Waals surface area (Å²) in [6.07, 6.45) is 0.232. The number of rotatable bonds is 5. The maximum atomic E-state index is 12.1. The van der Waals surface area contributed by atoms with E-state index in [0.717, 1.165) is 15.6 Å². The van der Waals surface area contributed by atoms with Crippen molar-refractivity contribution in [3.63, 3.8) is 0 Å². The number of thiazole rings is 1. The summed E-state index contributed by atoms with van der Waals surface area (Å²) in [5.74, 6) is -0.116. The van der Waals surface area contributed by atoms with Crippen LogP contribution in [0.4, 0.5) is 5.69 Å². The summed E-state index contributed by atoms with van der Waals surface area (Å²) in [7, 11) is 0. The Hall–Kier alpha value is -2.31. The summed E-state index contributed by atoms with van der Waals surface area (Å²) in [6.45, 7) is 1.51. The molecular weight excluding hydrogens is 328 g/mol. The number of hydrogen-bond acceptors (Lipinski definition) is 5. The molecule has 0 aliphatic heterocycles. The van der Waals surface area contributed by atoms with Crippen molar-refractivity contribution in [1.29, 1.82) is 0 Å². The molecule has 3 rings (SSSR count). The van der Waals surface area contributed by atoms with E-state index in [1.54, 1.807) is 46.9 Å². The number of Topliss-reactive ketones (excluding diaryl/α,β-unsaturated/α-hetero) is 1. The van der Waals surface area contributed by atoms with Crippen molar-refractivity contribution in [2.45, 2.75) is 13.3 Å². The molecule has 4 nitrogen and oxygen atoms in total. The second-order valence-corrected chi connectivity index (χ2v) is 6.79. The Balaban J connectivity index is 1.62. The highest BCUT2D eigenvalue weighted by molar-refractivity contribution is 7.20. The van der Waals surface area contributed by atoms with Crippen molar-refractivity contribution in [2.75, 3.05) is 5.32 Å². The van der Waals surface area contributed by atoms with Crippen molar-refractivity contribution in [3.05, 3.63) is 58.4 Å². The quantitative estimate of drug-likeness (QED) is 0.705. The van der Waals surface area contributed by atoms with Gasteiger partial charge in [-0.15, -0.1) is 22.7 Å². The van der Waals surface area contributed by atoms with E-state index in [9.17, 15) is 9.59 Å². The summed E-state index contributed by atoms with van der Waals surface area (Å²) in [4.78, 5) is 28.9. The standard InChI is InChI=1S/C17H14N2O2S2/c1-11(20)12-4-6-13(7-5-12)18-16(21)9-14-10-23-17(19-14)15-3-2-8-22-15/h2-8,10H,9H2,1H3,(H,18,21). The zero-order chi connectivity index (χ0) is 16.2. The van der Waals surface area contributed by atoms with Crippen molar-refractivity contribution in [3.8, 4) is 9.88 Å². The molecule has 1 aromatic carbocycles. The van der Waals surface area contributed by atoms with Crippen LogP contribution in [0, 0.1) is 0 Å². The minimum Gasteiger partial charge on any atom is -0.326 e. The molecule has 116 valence electrons. The van der Waals surface area contributed by atoms with Crippen LogP contribution in [0.15, 0.2) is 47.2 Å². The molecule has 0 fully saturated rings. The van der Waals surface area contributed by atoms with Gasteiger partial charge in [0.1, 0.15) is 5.01 Å². The lowest BCUT2D eigenvalue weighted by atomic mass is 10.1. The summed E-state index contributed by atoms with van der Waals surface area (Å²) >= 11 is 3.18. The van der Waals surface area contributed by atoms with Gasteiger partial charge >= 0.3 is 0 Å². The maximum absolute atomic E-state index is 12.1. The maximum Gasteiger partial charge on any atom is 0.230 e. The summed E-state index contributed by atoms with van der Waals surface area (Å²) in [6, 6.07) is 10.9. The van der Waals surface area contributed by atoms with Gasteiger partial charge in [-0.3, -0.25) is 9.59 Å². The van der Waals surface area contributed by atoms with E-state index in [1.807, 2.05) is 22.9 Å². The highest BCUT2D eigenvalue weighted by atomic mass is 32.1. The van der Waals surface area contributed by atoms with Crippen LogP contribution < -0.4 is 5.32 Å². The SMILES string of the molecule is CC(=O)c1ccc(NC(=O)Cc2csc(-c3cccs3)n2)cc1. The van der Waals surface area contributed by atoms with E-state index in [4.69, 9.17) is 0 Å². The van der Waals surface area contributed by atoms with E-state index in [-0.39, 0.29) is 18.1 Å². The number of benzene rings is 1. The molecule has 0 saturated carbocycles. The molecule has 0 saturated heterocycles. The average molecular weight is 342 g/mol. The zero-order valence-electron chi connectivity index (χ0n) is 12.4. The lowest BCUT2D eigenvalue weighted by Gasteiger charge is -2.04. The summed E-state index contributed by atoms with van der Waals surface area (Å²) in [5, 5.41) is 7.67. The number of aromatic nitrogens is 1. The minimum absolute atomic E-state index is 0.00598. The van der Waals surface area contributed by atoms with Crippen molar-refractivity contribution in [1.82, 2.24) is 4.98 Å². The number of nitrogens with one attached hydrogen (secondary N) is 1. The summed E-state index contributed by atoms with van der Waals surface area (Å²) in [5.41, 5.74) is 2.06. The van der Waals surface area contributed by atoms with E-state index in [2.05, 4.69) is 10.3 Å². The van der Waals surface area contributed by atoms with Gasteiger partial charge in [0.25, 0.3) is 0 Å². The van der Waals surface area contributed by atoms with Gasteiger partial charge in [-0.1, -0.05) is 6.07 Å². The van der Waals surface area contributed by atoms with Crippen LogP contribution in [0.5, 0.6) is 0 Å². The van der Waals surface area contributed by atoms with E-state index in [1.165, 1.54) is 6.92 Å². The van der Waals surface area contributed by atoms with Gasteiger partial charge in [-0.2, -0.15) is 0 Å². The van der Waals surface area contributed by atoms with E-state index >= 15 is 0 Å². The molecule has 3 aromatic rings. The Labute approximate surface area is 141 Å². The lowest BCUT2D eigenvalue weighted by Crippen LogP contribution is -2.14. The molecule has 23 heavy (non-hydrogen) atoms. The third-order valence-corrected chi connectivity index (χ3v) is 5.13. The Kier molecular flexibility index (Phi) is 4.64. The first-order chi connectivity index (χ1) is 11.1. The Morgan fingerprint density at radius 1 is 1.13 bits per heavy atom. The second kappa shape index (κ2) is 6.85. The minimum atomic E-state index is -0.122. The van der Waals surface area contributed by atoms with Crippen LogP contribution in [0.1, 0.15) is 23.0 Å². The van der Waals surface area contributed by atoms with Gasteiger partial charge in [0.15, 0.2) is 5.78 Å². The molecule has 0 unspecified atom stereocenters. The van der Waals surface area contributed by atoms with Crippen molar-refractivity contribution >= 4 is 40.1 Å². The normalized spacial score (nSPS) is 10.5. The lowest BCUT2D eigenvalue weighted by molar-refractivity contribution is -0.115. The highest BCUT2D eigenvalue weighted by Gasteiger charge is 2.10. The molecule has 0 atom stereocenters. The third-order valence-electron chi connectivity index (χ3n) is 3.20. The number of ketones is 1. The molecule has 1 amide bonds. The first kappa shape index (κ1) is 15.6. The zero-order valence-corrected chi connectivity index (χ0v) is 14.0. The smallest absolute Gasteiger partial charge is 0.230 e. The largest absolute Gasteiger partial charge is 0.326 e.